The zero-order valence-corrected chi connectivity index (χ0v) is 31.2. The van der Waals surface area contributed by atoms with Gasteiger partial charge in [0.05, 0.1) is 13.2 Å². The van der Waals surface area contributed by atoms with Crippen LogP contribution in [-0.4, -0.2) is 54.3 Å². The Bertz CT molecular complexity index is 1030. The second-order valence-corrected chi connectivity index (χ2v) is 13.3. The first kappa shape index (κ1) is 46.5. The molecule has 0 bridgehead atoms. The predicted octanol–water partition coefficient (Wildman–Crippen LogP) is 9.54. The summed E-state index contributed by atoms with van der Waals surface area (Å²) in [6, 6.07) is 0. The van der Waals surface area contributed by atoms with E-state index in [1.807, 2.05) is 0 Å². The minimum Gasteiger partial charge on any atom is -0.463 e. The number of hydrogen-bond acceptors (Lipinski definition) is 7. The number of ether oxygens (including phenoxy) is 1. The highest BCUT2D eigenvalue weighted by atomic mass is 31.2. The zero-order valence-electron chi connectivity index (χ0n) is 30.4. The molecule has 0 aliphatic heterocycles. The van der Waals surface area contributed by atoms with E-state index in [2.05, 4.69) is 92.1 Å². The molecule has 0 aromatic carbocycles. The van der Waals surface area contributed by atoms with E-state index in [4.69, 9.17) is 13.8 Å². The van der Waals surface area contributed by atoms with E-state index in [9.17, 15) is 24.2 Å². The van der Waals surface area contributed by atoms with Gasteiger partial charge in [0.15, 0.2) is 0 Å². The quantitative estimate of drug-likeness (QED) is 0.0266. The second kappa shape index (κ2) is 35.3. The molecule has 2 atom stereocenters. The summed E-state index contributed by atoms with van der Waals surface area (Å²) in [4.78, 5) is 33.4. The normalized spacial score (nSPS) is 14.3. The van der Waals surface area contributed by atoms with Crippen molar-refractivity contribution in [2.45, 2.75) is 136 Å². The van der Waals surface area contributed by atoms with E-state index in [0.717, 1.165) is 96.3 Å². The number of amides is 1. The van der Waals surface area contributed by atoms with Crippen LogP contribution in [0.2, 0.25) is 0 Å². The van der Waals surface area contributed by atoms with Gasteiger partial charge in [0.2, 0.25) is 5.91 Å². The molecule has 280 valence electrons. The van der Waals surface area contributed by atoms with E-state index in [0.29, 0.717) is 12.8 Å². The summed E-state index contributed by atoms with van der Waals surface area (Å²) in [6.45, 7) is 3.28. The Morgan fingerprint density at radius 1 is 0.653 bits per heavy atom. The van der Waals surface area contributed by atoms with Crippen LogP contribution in [0.1, 0.15) is 129 Å². The van der Waals surface area contributed by atoms with E-state index < -0.39 is 26.5 Å². The lowest BCUT2D eigenvalue weighted by Gasteiger charge is -2.15. The van der Waals surface area contributed by atoms with E-state index in [1.54, 1.807) is 0 Å². The van der Waals surface area contributed by atoms with Crippen LogP contribution in [0.25, 0.3) is 0 Å². The Hall–Kier alpha value is -2.55. The number of phosphoric acid groups is 1. The summed E-state index contributed by atoms with van der Waals surface area (Å²) in [6.07, 6.45) is 41.6. The number of esters is 1. The molecular weight excluding hydrogens is 641 g/mol. The Morgan fingerprint density at radius 2 is 1.16 bits per heavy atom. The van der Waals surface area contributed by atoms with Gasteiger partial charge in [0.25, 0.3) is 0 Å². The summed E-state index contributed by atoms with van der Waals surface area (Å²) < 4.78 is 26.6. The van der Waals surface area contributed by atoms with Crippen LogP contribution in [0.4, 0.5) is 0 Å². The largest absolute Gasteiger partial charge is 0.472 e. The van der Waals surface area contributed by atoms with E-state index in [-0.39, 0.29) is 32.1 Å². The Balaban J connectivity index is 3.70. The van der Waals surface area contributed by atoms with Gasteiger partial charge in [-0.1, -0.05) is 125 Å². The summed E-state index contributed by atoms with van der Waals surface area (Å²) in [7, 11) is -4.41. The van der Waals surface area contributed by atoms with Crippen molar-refractivity contribution in [2.75, 3.05) is 26.4 Å². The topological polar surface area (TPSA) is 131 Å². The molecule has 0 spiro atoms. The molecule has 0 fully saturated rings. The van der Waals surface area contributed by atoms with Gasteiger partial charge in [-0.25, -0.2) is 4.57 Å². The summed E-state index contributed by atoms with van der Waals surface area (Å²) in [5.74, 6) is -0.563. The number of allylic oxidation sites excluding steroid dienone is 12. The standard InChI is InChI=1S/C39H66NO8P/c1-3-5-7-9-10-11-12-13-14-15-16-17-18-19-20-21-22-23-24-25-26-28-30-32-39(43)46-35-37(41)36-48-49(44,45)47-34-33-40-38(42)31-29-27-8-6-4-2/h5,7,10-11,13-14,16-17,19-20,22-23,37,41H,3-4,6,8-9,12,15,18,21,24-36H2,1-2H3,(H,40,42)(H,44,45)/b7-5-,11-10-,14-13-,17-16-,20-19-,23-22-. The molecule has 0 saturated heterocycles. The van der Waals surface area contributed by atoms with Gasteiger partial charge in [-0.3, -0.25) is 18.6 Å². The smallest absolute Gasteiger partial charge is 0.463 e. The predicted molar refractivity (Wildman–Crippen MR) is 201 cm³/mol. The molecule has 10 heteroatoms. The van der Waals surface area contributed by atoms with Crippen molar-refractivity contribution in [2.24, 2.45) is 0 Å². The summed E-state index contributed by atoms with van der Waals surface area (Å²) in [5, 5.41) is 12.6. The number of carbonyl (C=O) groups is 2. The SMILES string of the molecule is CC/C=C\C/C=C\C/C=C\C/C=C\C/C=C\C/C=C\CCCCCCC(=O)OCC(O)COP(=O)(O)OCCNC(=O)CCCCCCC. The molecule has 0 aromatic heterocycles. The van der Waals surface area contributed by atoms with Crippen LogP contribution >= 0.6 is 7.82 Å². The fourth-order valence-electron chi connectivity index (χ4n) is 4.38. The summed E-state index contributed by atoms with van der Waals surface area (Å²) >= 11 is 0. The number of nitrogens with one attached hydrogen (secondary N) is 1. The lowest BCUT2D eigenvalue weighted by molar-refractivity contribution is -0.147. The fourth-order valence-corrected chi connectivity index (χ4v) is 5.14. The maximum Gasteiger partial charge on any atom is 0.472 e. The molecule has 9 nitrogen and oxygen atoms in total. The van der Waals surface area contributed by atoms with Gasteiger partial charge in [0.1, 0.15) is 12.7 Å². The van der Waals surface area contributed by atoms with Gasteiger partial charge >= 0.3 is 13.8 Å². The van der Waals surface area contributed by atoms with Crippen molar-refractivity contribution in [1.82, 2.24) is 5.32 Å². The van der Waals surface area contributed by atoms with E-state index in [1.165, 1.54) is 0 Å². The van der Waals surface area contributed by atoms with Crippen molar-refractivity contribution >= 4 is 19.7 Å². The first-order valence-corrected chi connectivity index (χ1v) is 19.9. The zero-order chi connectivity index (χ0) is 36.1. The maximum atomic E-state index is 12.0. The molecule has 49 heavy (non-hydrogen) atoms. The van der Waals surface area contributed by atoms with E-state index >= 15 is 0 Å². The first-order chi connectivity index (χ1) is 23.8. The lowest BCUT2D eigenvalue weighted by Crippen LogP contribution is -2.27. The highest BCUT2D eigenvalue weighted by Gasteiger charge is 2.23. The molecule has 0 rings (SSSR count). The third-order valence-corrected chi connectivity index (χ3v) is 8.14. The fraction of sp³-hybridized carbons (Fsp3) is 0.641. The molecule has 3 N–H and O–H groups in total. The Labute approximate surface area is 297 Å². The molecule has 0 aliphatic rings. The van der Waals surface area contributed by atoms with Gasteiger partial charge < -0.3 is 20.1 Å². The number of rotatable bonds is 33. The average Bonchev–Trinajstić information content (AvgIpc) is 3.08. The molecule has 0 radical (unpaired) electrons. The maximum absolute atomic E-state index is 12.0. The van der Waals surface area contributed by atoms with Crippen molar-refractivity contribution in [3.63, 3.8) is 0 Å². The Morgan fingerprint density at radius 3 is 1.73 bits per heavy atom. The van der Waals surface area contributed by atoms with Crippen LogP contribution in [0, 0.1) is 0 Å². The van der Waals surface area contributed by atoms with Crippen molar-refractivity contribution in [3.8, 4) is 0 Å². The van der Waals surface area contributed by atoms with Crippen LogP contribution in [0.15, 0.2) is 72.9 Å². The average molecular weight is 708 g/mol. The number of unbranched alkanes of at least 4 members (excludes halogenated alkanes) is 8. The molecule has 0 aliphatic carbocycles. The van der Waals surface area contributed by atoms with Crippen LogP contribution in [0.3, 0.4) is 0 Å². The number of carbonyl (C=O) groups excluding carboxylic acids is 2. The van der Waals surface area contributed by atoms with Crippen molar-refractivity contribution in [3.05, 3.63) is 72.9 Å². The highest BCUT2D eigenvalue weighted by Crippen LogP contribution is 2.42. The van der Waals surface area contributed by atoms with Gasteiger partial charge in [0, 0.05) is 19.4 Å². The first-order valence-electron chi connectivity index (χ1n) is 18.4. The summed E-state index contributed by atoms with van der Waals surface area (Å²) in [5.41, 5.74) is 0. The van der Waals surface area contributed by atoms with Crippen molar-refractivity contribution < 1.29 is 37.9 Å². The van der Waals surface area contributed by atoms with Crippen LogP contribution in [-0.2, 0) is 27.9 Å². The van der Waals surface area contributed by atoms with Crippen molar-refractivity contribution in [1.29, 1.82) is 0 Å². The molecular formula is C39H66NO8P. The Kier molecular flexibility index (Phi) is 33.4. The molecule has 0 saturated carbocycles. The minimum absolute atomic E-state index is 0.0738. The third kappa shape index (κ3) is 36.6. The second-order valence-electron chi connectivity index (χ2n) is 11.8. The minimum atomic E-state index is -4.41. The third-order valence-electron chi connectivity index (χ3n) is 7.15. The number of aliphatic hydroxyl groups is 1. The lowest BCUT2D eigenvalue weighted by atomic mass is 10.1. The van der Waals surface area contributed by atoms with Crippen LogP contribution in [0.5, 0.6) is 0 Å². The monoisotopic (exact) mass is 707 g/mol. The number of hydrogen-bond donors (Lipinski definition) is 3. The molecule has 0 aromatic rings. The molecule has 1 amide bonds. The van der Waals surface area contributed by atoms with Crippen LogP contribution < -0.4 is 5.32 Å². The van der Waals surface area contributed by atoms with Gasteiger partial charge in [-0.2, -0.15) is 0 Å². The number of aliphatic hydroxyl groups excluding tert-OH is 1. The highest BCUT2D eigenvalue weighted by molar-refractivity contribution is 7.47. The van der Waals surface area contributed by atoms with Gasteiger partial charge in [-0.05, 0) is 64.2 Å². The molecule has 2 unspecified atom stereocenters. The van der Waals surface area contributed by atoms with Gasteiger partial charge in [-0.15, -0.1) is 0 Å². The molecule has 0 heterocycles. The number of phosphoric ester groups is 1.